The third kappa shape index (κ3) is 9.44. The van der Waals surface area contributed by atoms with Gasteiger partial charge in [-0.3, -0.25) is 0 Å². The molecule has 0 bridgehead atoms. The van der Waals surface area contributed by atoms with E-state index in [9.17, 15) is 8.78 Å². The van der Waals surface area contributed by atoms with Crippen LogP contribution < -0.4 is 0 Å². The average Bonchev–Trinajstić information content (AvgIpc) is 2.04. The van der Waals surface area contributed by atoms with Gasteiger partial charge >= 0.3 is 6.55 Å². The lowest BCUT2D eigenvalue weighted by Gasteiger charge is -2.06. The van der Waals surface area contributed by atoms with Gasteiger partial charge in [0.25, 0.3) is 0 Å². The second-order valence-corrected chi connectivity index (χ2v) is 3.45. The molecule has 0 aromatic carbocycles. The van der Waals surface area contributed by atoms with E-state index in [0.717, 1.165) is 6.42 Å². The Bertz CT molecular complexity index is 135. The molecule has 13 heavy (non-hydrogen) atoms. The van der Waals surface area contributed by atoms with E-state index >= 15 is 0 Å². The van der Waals surface area contributed by atoms with Crippen molar-refractivity contribution in [3.05, 3.63) is 0 Å². The molecule has 0 radical (unpaired) electrons. The normalized spacial score (nSPS) is 14.2. The Labute approximate surface area is 79.3 Å². The number of nitrogens with zero attached hydrogens (tertiary/aromatic N) is 1. The van der Waals surface area contributed by atoms with Crippen molar-refractivity contribution in [2.45, 2.75) is 52.5 Å². The largest absolute Gasteiger partial charge is 0.331 e. The highest BCUT2D eigenvalue weighted by Crippen LogP contribution is 2.11. The molecule has 0 rings (SSSR count). The fourth-order valence-corrected chi connectivity index (χ4v) is 1.18. The second-order valence-electron chi connectivity index (χ2n) is 3.45. The van der Waals surface area contributed by atoms with Crippen molar-refractivity contribution in [2.75, 3.05) is 0 Å². The zero-order chi connectivity index (χ0) is 10.1. The number of unbranched alkanes of at least 4 members (excludes halogenated alkanes) is 2. The lowest BCUT2D eigenvalue weighted by molar-refractivity contribution is 0.160. The first-order chi connectivity index (χ1) is 6.16. The fourth-order valence-electron chi connectivity index (χ4n) is 1.18. The molecule has 0 spiro atoms. The third-order valence-electron chi connectivity index (χ3n) is 2.03. The summed E-state index contributed by atoms with van der Waals surface area (Å²) < 4.78 is 23.2. The molecule has 78 valence electrons. The molecule has 0 amide bonds. The third-order valence-corrected chi connectivity index (χ3v) is 2.03. The molecule has 0 fully saturated rings. The van der Waals surface area contributed by atoms with E-state index in [1.165, 1.54) is 25.5 Å². The van der Waals surface area contributed by atoms with Gasteiger partial charge in [-0.2, -0.15) is 8.78 Å². The number of alkyl halides is 2. The lowest BCUT2D eigenvalue weighted by Crippen LogP contribution is -1.96. The summed E-state index contributed by atoms with van der Waals surface area (Å²) in [6, 6.07) is 0. The Morgan fingerprint density at radius 1 is 1.31 bits per heavy atom. The van der Waals surface area contributed by atoms with Crippen LogP contribution in [-0.4, -0.2) is 12.8 Å². The van der Waals surface area contributed by atoms with Crippen LogP contribution in [0.3, 0.4) is 0 Å². The highest BCUT2D eigenvalue weighted by atomic mass is 19.3. The topological polar surface area (TPSA) is 12.4 Å². The number of rotatable bonds is 7. The van der Waals surface area contributed by atoms with Gasteiger partial charge in [0.05, 0.1) is 0 Å². The Morgan fingerprint density at radius 2 is 2.00 bits per heavy atom. The van der Waals surface area contributed by atoms with E-state index in [4.69, 9.17) is 0 Å². The molecule has 3 heteroatoms. The predicted octanol–water partition coefficient (Wildman–Crippen LogP) is 3.89. The first-order valence-corrected chi connectivity index (χ1v) is 4.96. The molecule has 0 saturated heterocycles. The monoisotopic (exact) mass is 191 g/mol. The number of aliphatic imine (C=N–C) groups is 1. The summed E-state index contributed by atoms with van der Waals surface area (Å²) in [7, 11) is 0. The maximum absolute atomic E-state index is 11.6. The van der Waals surface area contributed by atoms with Crippen LogP contribution >= 0.6 is 0 Å². The van der Waals surface area contributed by atoms with Gasteiger partial charge in [0, 0.05) is 6.21 Å². The first kappa shape index (κ1) is 12.5. The molecular formula is C10H19F2N. The van der Waals surface area contributed by atoms with E-state index in [1.54, 1.807) is 0 Å². The van der Waals surface area contributed by atoms with Crippen LogP contribution in [0.4, 0.5) is 8.78 Å². The van der Waals surface area contributed by atoms with Crippen LogP contribution in [0.25, 0.3) is 0 Å². The zero-order valence-corrected chi connectivity index (χ0v) is 8.47. The van der Waals surface area contributed by atoms with Gasteiger partial charge in [-0.15, -0.1) is 0 Å². The minimum atomic E-state index is -2.54. The summed E-state index contributed by atoms with van der Waals surface area (Å²) in [6.07, 6.45) is 6.77. The van der Waals surface area contributed by atoms with Gasteiger partial charge in [-0.25, -0.2) is 4.99 Å². The number of hydrogen-bond acceptors (Lipinski definition) is 1. The number of halogens is 2. The predicted molar refractivity (Wildman–Crippen MR) is 52.4 cm³/mol. The van der Waals surface area contributed by atoms with Crippen LogP contribution in [0.2, 0.25) is 0 Å². The van der Waals surface area contributed by atoms with Crippen LogP contribution in [0, 0.1) is 5.92 Å². The molecule has 0 heterocycles. The Kier molecular flexibility index (Phi) is 7.85. The van der Waals surface area contributed by atoms with Crippen molar-refractivity contribution in [2.24, 2.45) is 10.9 Å². The second kappa shape index (κ2) is 8.14. The van der Waals surface area contributed by atoms with Crippen molar-refractivity contribution in [3.8, 4) is 0 Å². The van der Waals surface area contributed by atoms with E-state index in [1.807, 2.05) is 0 Å². The molecule has 1 atom stereocenters. The SMILES string of the molecule is CCCCCC(C)CC=NC(F)F. The summed E-state index contributed by atoms with van der Waals surface area (Å²) in [6.45, 7) is 1.69. The number of hydrogen-bond donors (Lipinski definition) is 0. The van der Waals surface area contributed by atoms with Crippen molar-refractivity contribution in [3.63, 3.8) is 0 Å². The van der Waals surface area contributed by atoms with Crippen LogP contribution in [0.5, 0.6) is 0 Å². The molecule has 1 unspecified atom stereocenters. The minimum absolute atomic E-state index is 0.481. The Hall–Kier alpha value is -0.470. The Balaban J connectivity index is 3.34. The highest BCUT2D eigenvalue weighted by molar-refractivity contribution is 5.57. The van der Waals surface area contributed by atoms with Crippen LogP contribution in [0.15, 0.2) is 4.99 Å². The minimum Gasteiger partial charge on any atom is -0.232 e. The molecular weight excluding hydrogens is 172 g/mol. The van der Waals surface area contributed by atoms with Crippen LogP contribution in [0.1, 0.15) is 46.0 Å². The summed E-state index contributed by atoms with van der Waals surface area (Å²) in [5.41, 5.74) is 0. The van der Waals surface area contributed by atoms with E-state index < -0.39 is 6.55 Å². The molecule has 0 aromatic heterocycles. The maximum Gasteiger partial charge on any atom is 0.331 e. The molecule has 0 saturated carbocycles. The van der Waals surface area contributed by atoms with E-state index in [2.05, 4.69) is 18.8 Å². The zero-order valence-electron chi connectivity index (χ0n) is 8.47. The molecule has 0 aliphatic heterocycles. The lowest BCUT2D eigenvalue weighted by atomic mass is 10.0. The summed E-state index contributed by atoms with van der Waals surface area (Å²) in [5, 5.41) is 0. The van der Waals surface area contributed by atoms with Gasteiger partial charge in [-0.1, -0.05) is 39.5 Å². The molecule has 0 aliphatic rings. The highest BCUT2D eigenvalue weighted by Gasteiger charge is 2.00. The van der Waals surface area contributed by atoms with E-state index in [0.29, 0.717) is 12.3 Å². The van der Waals surface area contributed by atoms with Gasteiger partial charge in [0.1, 0.15) is 0 Å². The molecule has 0 N–H and O–H groups in total. The van der Waals surface area contributed by atoms with Gasteiger partial charge in [0.15, 0.2) is 0 Å². The summed E-state index contributed by atoms with van der Waals surface area (Å²) >= 11 is 0. The molecule has 1 nitrogen and oxygen atoms in total. The quantitative estimate of drug-likeness (QED) is 0.329. The molecule has 0 aliphatic carbocycles. The van der Waals surface area contributed by atoms with Gasteiger partial charge in [-0.05, 0) is 12.3 Å². The van der Waals surface area contributed by atoms with Crippen molar-refractivity contribution >= 4 is 6.21 Å². The standard InChI is InChI=1S/C10H19F2N/c1-3-4-5-6-9(2)7-8-13-10(11)12/h8-10H,3-7H2,1-2H3. The van der Waals surface area contributed by atoms with Crippen molar-refractivity contribution < 1.29 is 8.78 Å². The van der Waals surface area contributed by atoms with E-state index in [-0.39, 0.29) is 0 Å². The molecule has 0 aromatic rings. The van der Waals surface area contributed by atoms with Crippen molar-refractivity contribution in [1.29, 1.82) is 0 Å². The van der Waals surface area contributed by atoms with Gasteiger partial charge < -0.3 is 0 Å². The average molecular weight is 191 g/mol. The Morgan fingerprint density at radius 3 is 2.54 bits per heavy atom. The maximum atomic E-state index is 11.6. The fraction of sp³-hybridized carbons (Fsp3) is 0.900. The summed E-state index contributed by atoms with van der Waals surface area (Å²) in [5.74, 6) is 0.481. The van der Waals surface area contributed by atoms with Crippen molar-refractivity contribution in [1.82, 2.24) is 0 Å². The summed E-state index contributed by atoms with van der Waals surface area (Å²) in [4.78, 5) is 3.03. The smallest absolute Gasteiger partial charge is 0.232 e. The van der Waals surface area contributed by atoms with Gasteiger partial charge in [0.2, 0.25) is 0 Å². The first-order valence-electron chi connectivity index (χ1n) is 4.96. The van der Waals surface area contributed by atoms with Crippen LogP contribution in [-0.2, 0) is 0 Å².